The molecule has 1 heterocycles. The summed E-state index contributed by atoms with van der Waals surface area (Å²) in [6, 6.07) is 25.0. The van der Waals surface area contributed by atoms with E-state index >= 15 is 0 Å². The lowest BCUT2D eigenvalue weighted by molar-refractivity contribution is -0.132. The number of nitriles is 1. The number of benzene rings is 3. The van der Waals surface area contributed by atoms with Crippen molar-refractivity contribution < 1.29 is 18.7 Å². The van der Waals surface area contributed by atoms with Crippen LogP contribution in [-0.2, 0) is 4.79 Å². The Bertz CT molecular complexity index is 1310. The number of aliphatic carboxylic acids is 1. The van der Waals surface area contributed by atoms with Crippen LogP contribution in [0.3, 0.4) is 0 Å². The summed E-state index contributed by atoms with van der Waals surface area (Å²) in [7, 11) is 0. The van der Waals surface area contributed by atoms with Gasteiger partial charge in [0.25, 0.3) is 0 Å². The molecule has 0 aliphatic heterocycles. The zero-order valence-electron chi connectivity index (χ0n) is 17.1. The molecule has 0 saturated heterocycles. The van der Waals surface area contributed by atoms with Crippen molar-refractivity contribution in [3.63, 3.8) is 0 Å². The second-order valence-electron chi connectivity index (χ2n) is 7.01. The van der Waals surface area contributed by atoms with Gasteiger partial charge in [0.15, 0.2) is 0 Å². The molecule has 3 aromatic carbocycles. The Balaban J connectivity index is 1.67. The van der Waals surface area contributed by atoms with Gasteiger partial charge in [-0.3, -0.25) is 0 Å². The Morgan fingerprint density at radius 3 is 1.76 bits per heavy atom. The molecule has 0 saturated carbocycles. The normalized spacial score (nSPS) is 11.1. The monoisotopic (exact) mass is 458 g/mol. The molecule has 1 N–H and O–H groups in total. The molecule has 0 aliphatic rings. The van der Waals surface area contributed by atoms with Gasteiger partial charge in [0.2, 0.25) is 0 Å². The van der Waals surface area contributed by atoms with Crippen molar-refractivity contribution in [1.29, 1.82) is 5.26 Å². The number of carbonyl (C=O) groups is 1. The van der Waals surface area contributed by atoms with E-state index in [1.807, 2.05) is 35.2 Å². The molecule has 0 aliphatic carbocycles. The standard InChI is InChI=1S/C26H16F2N2O2S/c27-19-3-9-22(10-4-19)30(23-11-5-20(28)6-12-23)21-7-1-17(2-8-21)25-14-13-24(33-25)15-18(16-29)26(31)32/h1-15H,(H,31,32)/b18-15+. The smallest absolute Gasteiger partial charge is 0.346 e. The molecule has 0 bridgehead atoms. The van der Waals surface area contributed by atoms with E-state index in [0.717, 1.165) is 27.5 Å². The van der Waals surface area contributed by atoms with Crippen LogP contribution < -0.4 is 4.90 Å². The summed E-state index contributed by atoms with van der Waals surface area (Å²) in [5, 5.41) is 18.0. The first-order chi connectivity index (χ1) is 15.9. The molecule has 0 atom stereocenters. The fraction of sp³-hybridized carbons (Fsp3) is 0. The van der Waals surface area contributed by atoms with Crippen LogP contribution in [0.1, 0.15) is 4.88 Å². The number of rotatable bonds is 6. The Morgan fingerprint density at radius 1 is 0.818 bits per heavy atom. The minimum Gasteiger partial charge on any atom is -0.477 e. The molecule has 4 rings (SSSR count). The average Bonchev–Trinajstić information content (AvgIpc) is 3.29. The summed E-state index contributed by atoms with van der Waals surface area (Å²) < 4.78 is 27.0. The highest BCUT2D eigenvalue weighted by Gasteiger charge is 2.14. The number of hydrogen-bond acceptors (Lipinski definition) is 4. The first-order valence-corrected chi connectivity index (χ1v) is 10.6. The van der Waals surface area contributed by atoms with Crippen molar-refractivity contribution in [2.45, 2.75) is 0 Å². The third-order valence-electron chi connectivity index (χ3n) is 4.84. The van der Waals surface area contributed by atoms with Gasteiger partial charge in [-0.1, -0.05) is 12.1 Å². The highest BCUT2D eigenvalue weighted by Crippen LogP contribution is 2.37. The molecule has 0 amide bonds. The van der Waals surface area contributed by atoms with Gasteiger partial charge in [0, 0.05) is 26.8 Å². The molecular formula is C26H16F2N2O2S. The van der Waals surface area contributed by atoms with E-state index in [9.17, 15) is 13.6 Å². The van der Waals surface area contributed by atoms with Gasteiger partial charge in [-0.25, -0.2) is 13.6 Å². The third kappa shape index (κ3) is 4.97. The summed E-state index contributed by atoms with van der Waals surface area (Å²) in [6.07, 6.45) is 1.34. The van der Waals surface area contributed by atoms with Crippen LogP contribution in [0, 0.1) is 23.0 Å². The number of thiophene rings is 1. The van der Waals surface area contributed by atoms with E-state index in [2.05, 4.69) is 0 Å². The van der Waals surface area contributed by atoms with Gasteiger partial charge < -0.3 is 10.0 Å². The lowest BCUT2D eigenvalue weighted by Crippen LogP contribution is -2.09. The number of carboxylic acids is 1. The van der Waals surface area contributed by atoms with E-state index in [-0.39, 0.29) is 17.2 Å². The summed E-state index contributed by atoms with van der Waals surface area (Å²) >= 11 is 1.37. The quantitative estimate of drug-likeness (QED) is 0.246. The fourth-order valence-electron chi connectivity index (χ4n) is 3.27. The second kappa shape index (κ2) is 9.47. The number of nitrogens with zero attached hydrogens (tertiary/aromatic N) is 2. The maximum Gasteiger partial charge on any atom is 0.346 e. The van der Waals surface area contributed by atoms with Gasteiger partial charge in [-0.05, 0) is 84.4 Å². The maximum absolute atomic E-state index is 13.5. The molecule has 1 aromatic heterocycles. The summed E-state index contributed by atoms with van der Waals surface area (Å²) in [5.41, 5.74) is 2.82. The van der Waals surface area contributed by atoms with Gasteiger partial charge in [0.05, 0.1) is 0 Å². The van der Waals surface area contributed by atoms with Crippen molar-refractivity contribution in [3.05, 3.63) is 107 Å². The van der Waals surface area contributed by atoms with Crippen molar-refractivity contribution in [1.82, 2.24) is 0 Å². The molecule has 4 aromatic rings. The summed E-state index contributed by atoms with van der Waals surface area (Å²) in [5.74, 6) is -1.96. The van der Waals surface area contributed by atoms with Crippen molar-refractivity contribution in [2.75, 3.05) is 4.90 Å². The third-order valence-corrected chi connectivity index (χ3v) is 5.93. The lowest BCUT2D eigenvalue weighted by Gasteiger charge is -2.25. The van der Waals surface area contributed by atoms with Crippen molar-refractivity contribution in [2.24, 2.45) is 0 Å². The van der Waals surface area contributed by atoms with E-state index in [4.69, 9.17) is 10.4 Å². The molecule has 0 spiro atoms. The average molecular weight is 458 g/mol. The van der Waals surface area contributed by atoms with Gasteiger partial charge in [0.1, 0.15) is 23.3 Å². The Hall–Kier alpha value is -4.28. The van der Waals surface area contributed by atoms with Gasteiger partial charge in [-0.2, -0.15) is 5.26 Å². The zero-order chi connectivity index (χ0) is 23.4. The zero-order valence-corrected chi connectivity index (χ0v) is 17.9. The highest BCUT2D eigenvalue weighted by atomic mass is 32.1. The topological polar surface area (TPSA) is 64.3 Å². The predicted molar refractivity (Wildman–Crippen MR) is 126 cm³/mol. The number of hydrogen-bond donors (Lipinski definition) is 1. The Labute approximate surface area is 192 Å². The molecule has 7 heteroatoms. The molecule has 0 unspecified atom stereocenters. The molecule has 0 fully saturated rings. The fourth-order valence-corrected chi connectivity index (χ4v) is 4.23. The lowest BCUT2D eigenvalue weighted by atomic mass is 10.1. The van der Waals surface area contributed by atoms with Crippen LogP contribution in [0.25, 0.3) is 16.5 Å². The minimum absolute atomic E-state index is 0.326. The molecule has 33 heavy (non-hydrogen) atoms. The minimum atomic E-state index is -1.27. The predicted octanol–water partition coefficient (Wildman–Crippen LogP) is 7.15. The molecular weight excluding hydrogens is 442 g/mol. The number of carboxylic acid groups (broad SMARTS) is 1. The Kier molecular flexibility index (Phi) is 6.29. The molecule has 4 nitrogen and oxygen atoms in total. The highest BCUT2D eigenvalue weighted by molar-refractivity contribution is 7.16. The Morgan fingerprint density at radius 2 is 1.30 bits per heavy atom. The van der Waals surface area contributed by atoms with E-state index in [1.165, 1.54) is 41.7 Å². The van der Waals surface area contributed by atoms with E-state index < -0.39 is 5.97 Å². The van der Waals surface area contributed by atoms with Crippen LogP contribution in [-0.4, -0.2) is 11.1 Å². The van der Waals surface area contributed by atoms with Gasteiger partial charge in [-0.15, -0.1) is 11.3 Å². The maximum atomic E-state index is 13.5. The van der Waals surface area contributed by atoms with Crippen LogP contribution in [0.5, 0.6) is 0 Å². The molecule has 0 radical (unpaired) electrons. The SMILES string of the molecule is N#C/C(=C\c1ccc(-c2ccc(N(c3ccc(F)cc3)c3ccc(F)cc3)cc2)s1)C(=O)O. The summed E-state index contributed by atoms with van der Waals surface area (Å²) in [4.78, 5) is 14.5. The number of anilines is 3. The van der Waals surface area contributed by atoms with Crippen LogP contribution in [0.15, 0.2) is 90.5 Å². The van der Waals surface area contributed by atoms with Crippen LogP contribution in [0.2, 0.25) is 0 Å². The number of halogens is 2. The first-order valence-electron chi connectivity index (χ1n) is 9.81. The van der Waals surface area contributed by atoms with E-state index in [1.54, 1.807) is 36.4 Å². The van der Waals surface area contributed by atoms with Crippen LogP contribution >= 0.6 is 11.3 Å². The van der Waals surface area contributed by atoms with Crippen LogP contribution in [0.4, 0.5) is 25.8 Å². The van der Waals surface area contributed by atoms with Gasteiger partial charge >= 0.3 is 5.97 Å². The molecule has 162 valence electrons. The largest absolute Gasteiger partial charge is 0.477 e. The summed E-state index contributed by atoms with van der Waals surface area (Å²) in [6.45, 7) is 0. The van der Waals surface area contributed by atoms with E-state index in [0.29, 0.717) is 4.88 Å². The van der Waals surface area contributed by atoms with Crippen molar-refractivity contribution in [3.8, 4) is 16.5 Å². The van der Waals surface area contributed by atoms with Crippen molar-refractivity contribution >= 4 is 40.4 Å². The second-order valence-corrected chi connectivity index (χ2v) is 8.13. The first kappa shape index (κ1) is 21.9.